The van der Waals surface area contributed by atoms with Crippen molar-refractivity contribution in [1.29, 1.82) is 0 Å². The number of carbonyl (C=O) groups is 2. The van der Waals surface area contributed by atoms with Gasteiger partial charge in [-0.1, -0.05) is 30.3 Å². The number of para-hydroxylation sites is 2. The van der Waals surface area contributed by atoms with Crippen molar-refractivity contribution in [2.24, 2.45) is 0 Å². The lowest BCUT2D eigenvalue weighted by atomic mass is 10.1. The van der Waals surface area contributed by atoms with Crippen LogP contribution in [0.25, 0.3) is 11.0 Å². The Kier molecular flexibility index (Phi) is 4.67. The number of amides is 2. The molecule has 0 saturated carbocycles. The molecule has 2 amide bonds. The standard InChI is InChI=1S/C18H16N2O5/c1-24-10-13-11-6-3-5-9-15(11)25-16(13)18(23)20-19-17(22)12-7-2-4-8-14(12)21/h2-9,21H,10H2,1H3,(H,19,22)(H,20,23). The number of carbonyl (C=O) groups excluding carboxylic acids is 2. The van der Waals surface area contributed by atoms with E-state index in [2.05, 4.69) is 10.9 Å². The Bertz CT molecular complexity index is 932. The summed E-state index contributed by atoms with van der Waals surface area (Å²) in [6, 6.07) is 13.2. The summed E-state index contributed by atoms with van der Waals surface area (Å²) in [7, 11) is 1.52. The Morgan fingerprint density at radius 1 is 1.04 bits per heavy atom. The van der Waals surface area contributed by atoms with Gasteiger partial charge in [-0.15, -0.1) is 0 Å². The molecule has 0 bridgehead atoms. The van der Waals surface area contributed by atoms with Gasteiger partial charge in [-0.25, -0.2) is 0 Å². The van der Waals surface area contributed by atoms with Crippen molar-refractivity contribution < 1.29 is 23.8 Å². The first kappa shape index (κ1) is 16.5. The molecule has 0 atom stereocenters. The summed E-state index contributed by atoms with van der Waals surface area (Å²) in [5, 5.41) is 10.4. The lowest BCUT2D eigenvalue weighted by molar-refractivity contribution is 0.0827. The smallest absolute Gasteiger partial charge is 0.305 e. The van der Waals surface area contributed by atoms with Crippen LogP contribution in [0.1, 0.15) is 26.5 Å². The number of rotatable bonds is 4. The first-order valence-electron chi connectivity index (χ1n) is 7.50. The van der Waals surface area contributed by atoms with Crippen molar-refractivity contribution in [2.75, 3.05) is 7.11 Å². The SMILES string of the molecule is COCc1c(C(=O)NNC(=O)c2ccccc2O)oc2ccccc12. The third-order valence-corrected chi connectivity index (χ3v) is 3.63. The zero-order chi connectivity index (χ0) is 17.8. The van der Waals surface area contributed by atoms with Gasteiger partial charge in [0.05, 0.1) is 12.2 Å². The highest BCUT2D eigenvalue weighted by Crippen LogP contribution is 2.26. The second-order valence-electron chi connectivity index (χ2n) is 5.26. The summed E-state index contributed by atoms with van der Waals surface area (Å²) >= 11 is 0. The van der Waals surface area contributed by atoms with E-state index < -0.39 is 11.8 Å². The largest absolute Gasteiger partial charge is 0.507 e. The average Bonchev–Trinajstić information content (AvgIpc) is 2.99. The maximum absolute atomic E-state index is 12.4. The number of furan rings is 1. The fraction of sp³-hybridized carbons (Fsp3) is 0.111. The number of hydrogen-bond acceptors (Lipinski definition) is 5. The van der Waals surface area contributed by atoms with Crippen molar-refractivity contribution in [3.8, 4) is 5.75 Å². The summed E-state index contributed by atoms with van der Waals surface area (Å²) in [4.78, 5) is 24.4. The fourth-order valence-corrected chi connectivity index (χ4v) is 2.47. The van der Waals surface area contributed by atoms with Crippen LogP contribution in [0, 0.1) is 0 Å². The molecule has 0 saturated heterocycles. The van der Waals surface area contributed by atoms with Gasteiger partial charge in [-0.3, -0.25) is 20.4 Å². The molecule has 3 aromatic rings. The molecule has 0 aliphatic rings. The number of hydrazine groups is 1. The minimum absolute atomic E-state index is 0.0459. The van der Waals surface area contributed by atoms with E-state index in [1.807, 2.05) is 12.1 Å². The van der Waals surface area contributed by atoms with Gasteiger partial charge in [0.25, 0.3) is 5.91 Å². The van der Waals surface area contributed by atoms with Crippen molar-refractivity contribution in [1.82, 2.24) is 10.9 Å². The van der Waals surface area contributed by atoms with Crippen LogP contribution in [0.4, 0.5) is 0 Å². The van der Waals surface area contributed by atoms with Gasteiger partial charge in [0, 0.05) is 18.1 Å². The molecule has 1 aromatic heterocycles. The Hall–Kier alpha value is -3.32. The number of methoxy groups -OCH3 is 1. The zero-order valence-electron chi connectivity index (χ0n) is 13.4. The Labute approximate surface area is 143 Å². The summed E-state index contributed by atoms with van der Waals surface area (Å²) in [5.41, 5.74) is 5.72. The maximum atomic E-state index is 12.4. The number of phenolic OH excluding ortho intramolecular Hbond substituents is 1. The van der Waals surface area contributed by atoms with E-state index in [4.69, 9.17) is 9.15 Å². The number of ether oxygens (including phenoxy) is 1. The number of hydrogen-bond donors (Lipinski definition) is 3. The molecule has 3 rings (SSSR count). The van der Waals surface area contributed by atoms with Crippen molar-refractivity contribution >= 4 is 22.8 Å². The molecular weight excluding hydrogens is 324 g/mol. The predicted molar refractivity (Wildman–Crippen MR) is 90.0 cm³/mol. The number of aromatic hydroxyl groups is 1. The molecule has 1 heterocycles. The van der Waals surface area contributed by atoms with Gasteiger partial charge < -0.3 is 14.3 Å². The molecule has 3 N–H and O–H groups in total. The van der Waals surface area contributed by atoms with E-state index >= 15 is 0 Å². The quantitative estimate of drug-likeness (QED) is 0.633. The summed E-state index contributed by atoms with van der Waals surface area (Å²) < 4.78 is 10.7. The molecular formula is C18H16N2O5. The topological polar surface area (TPSA) is 101 Å². The highest BCUT2D eigenvalue weighted by Gasteiger charge is 2.21. The molecule has 25 heavy (non-hydrogen) atoms. The molecule has 0 spiro atoms. The highest BCUT2D eigenvalue weighted by molar-refractivity contribution is 6.02. The van der Waals surface area contributed by atoms with Gasteiger partial charge >= 0.3 is 5.91 Å². The molecule has 7 heteroatoms. The number of phenols is 1. The van der Waals surface area contributed by atoms with Crippen LogP contribution in [0.15, 0.2) is 52.9 Å². The van der Waals surface area contributed by atoms with Gasteiger partial charge in [-0.2, -0.15) is 0 Å². The number of benzene rings is 2. The van der Waals surface area contributed by atoms with E-state index in [9.17, 15) is 14.7 Å². The second-order valence-corrected chi connectivity index (χ2v) is 5.26. The van der Waals surface area contributed by atoms with E-state index in [0.717, 1.165) is 5.39 Å². The van der Waals surface area contributed by atoms with E-state index in [0.29, 0.717) is 11.1 Å². The average molecular weight is 340 g/mol. The van der Waals surface area contributed by atoms with Gasteiger partial charge in [0.1, 0.15) is 11.3 Å². The molecule has 7 nitrogen and oxygen atoms in total. The van der Waals surface area contributed by atoms with Crippen molar-refractivity contribution in [3.05, 3.63) is 65.4 Å². The number of fused-ring (bicyclic) bond motifs is 1. The Morgan fingerprint density at radius 2 is 1.72 bits per heavy atom. The molecule has 0 radical (unpaired) electrons. The van der Waals surface area contributed by atoms with Gasteiger partial charge in [0.2, 0.25) is 0 Å². The monoisotopic (exact) mass is 340 g/mol. The first-order chi connectivity index (χ1) is 12.1. The third-order valence-electron chi connectivity index (χ3n) is 3.63. The zero-order valence-corrected chi connectivity index (χ0v) is 13.4. The first-order valence-corrected chi connectivity index (χ1v) is 7.50. The molecule has 0 unspecified atom stereocenters. The minimum Gasteiger partial charge on any atom is -0.507 e. The van der Waals surface area contributed by atoms with Crippen molar-refractivity contribution in [2.45, 2.75) is 6.61 Å². The van der Waals surface area contributed by atoms with E-state index in [1.54, 1.807) is 24.3 Å². The predicted octanol–water partition coefficient (Wildman–Crippen LogP) is 2.36. The summed E-state index contributed by atoms with van der Waals surface area (Å²) in [6.45, 7) is 0.188. The van der Waals surface area contributed by atoms with Crippen molar-refractivity contribution in [3.63, 3.8) is 0 Å². The Morgan fingerprint density at radius 3 is 2.48 bits per heavy atom. The molecule has 0 fully saturated rings. The molecule has 0 aliphatic carbocycles. The second kappa shape index (κ2) is 7.06. The van der Waals surface area contributed by atoms with Crippen LogP contribution in [0.3, 0.4) is 0 Å². The van der Waals surface area contributed by atoms with E-state index in [1.165, 1.54) is 19.2 Å². The molecule has 2 aromatic carbocycles. The normalized spacial score (nSPS) is 10.6. The van der Waals surface area contributed by atoms with Gasteiger partial charge in [-0.05, 0) is 18.2 Å². The molecule has 128 valence electrons. The van der Waals surface area contributed by atoms with Crippen LogP contribution in [-0.4, -0.2) is 24.0 Å². The summed E-state index contributed by atoms with van der Waals surface area (Å²) in [5.74, 6) is -1.39. The third kappa shape index (κ3) is 3.31. The van der Waals surface area contributed by atoms with Crippen LogP contribution in [0.2, 0.25) is 0 Å². The molecule has 0 aliphatic heterocycles. The lowest BCUT2D eigenvalue weighted by Crippen LogP contribution is -2.41. The van der Waals surface area contributed by atoms with E-state index in [-0.39, 0.29) is 23.7 Å². The van der Waals surface area contributed by atoms with Crippen LogP contribution in [-0.2, 0) is 11.3 Å². The summed E-state index contributed by atoms with van der Waals surface area (Å²) in [6.07, 6.45) is 0. The van der Waals surface area contributed by atoms with Gasteiger partial charge in [0.15, 0.2) is 5.76 Å². The Balaban J connectivity index is 1.79. The highest BCUT2D eigenvalue weighted by atomic mass is 16.5. The maximum Gasteiger partial charge on any atom is 0.305 e. The van der Waals surface area contributed by atoms with Crippen LogP contribution in [0.5, 0.6) is 5.75 Å². The fourth-order valence-electron chi connectivity index (χ4n) is 2.47. The lowest BCUT2D eigenvalue weighted by Gasteiger charge is -2.08. The number of nitrogens with one attached hydrogen (secondary N) is 2. The van der Waals surface area contributed by atoms with Crippen LogP contribution >= 0.6 is 0 Å². The van der Waals surface area contributed by atoms with Crippen LogP contribution < -0.4 is 10.9 Å². The minimum atomic E-state index is -0.643.